The summed E-state index contributed by atoms with van der Waals surface area (Å²) in [6, 6.07) is 3.76. The van der Waals surface area contributed by atoms with Crippen molar-refractivity contribution in [1.82, 2.24) is 5.32 Å². The number of carbonyl (C=O) groups is 1. The van der Waals surface area contributed by atoms with E-state index < -0.39 is 0 Å². The summed E-state index contributed by atoms with van der Waals surface area (Å²) in [5.41, 5.74) is 0. The highest BCUT2D eigenvalue weighted by Crippen LogP contribution is 2.22. The van der Waals surface area contributed by atoms with Crippen LogP contribution in [0.5, 0.6) is 0 Å². The van der Waals surface area contributed by atoms with Gasteiger partial charge >= 0.3 is 0 Å². The fourth-order valence-electron chi connectivity index (χ4n) is 1.27. The van der Waals surface area contributed by atoms with Crippen LogP contribution in [0.4, 0.5) is 0 Å². The van der Waals surface area contributed by atoms with Crippen molar-refractivity contribution in [3.8, 4) is 0 Å². The third-order valence-electron chi connectivity index (χ3n) is 2.23. The topological polar surface area (TPSA) is 29.1 Å². The zero-order valence-corrected chi connectivity index (χ0v) is 10.6. The van der Waals surface area contributed by atoms with Crippen molar-refractivity contribution in [2.45, 2.75) is 20.3 Å². The van der Waals surface area contributed by atoms with Crippen molar-refractivity contribution in [2.75, 3.05) is 13.1 Å². The van der Waals surface area contributed by atoms with Gasteiger partial charge in [-0.1, -0.05) is 25.4 Å². The van der Waals surface area contributed by atoms with Crippen molar-refractivity contribution in [3.05, 3.63) is 21.3 Å². The Morgan fingerprint density at radius 3 is 2.87 bits per heavy atom. The summed E-state index contributed by atoms with van der Waals surface area (Å²) >= 11 is 7.28. The summed E-state index contributed by atoms with van der Waals surface area (Å²) in [5, 5.41) is 3.18. The minimum atomic E-state index is 0.0748. The molecule has 15 heavy (non-hydrogen) atoms. The molecule has 0 fully saturated rings. The van der Waals surface area contributed by atoms with Crippen LogP contribution in [0.2, 0.25) is 4.34 Å². The Hall–Kier alpha value is -0.380. The van der Waals surface area contributed by atoms with Crippen molar-refractivity contribution in [3.63, 3.8) is 0 Å². The van der Waals surface area contributed by atoms with E-state index in [0.717, 1.165) is 22.3 Å². The number of nitrogens with one attached hydrogen (secondary N) is 1. The maximum atomic E-state index is 11.8. The lowest BCUT2D eigenvalue weighted by Crippen LogP contribution is -2.27. The minimum Gasteiger partial charge on any atom is -0.316 e. The highest BCUT2D eigenvalue weighted by Gasteiger charge is 2.13. The van der Waals surface area contributed by atoms with Crippen LogP contribution < -0.4 is 5.32 Å². The molecule has 1 aromatic rings. The molecule has 0 amide bonds. The number of ketones is 1. The highest BCUT2D eigenvalue weighted by atomic mass is 35.5. The zero-order chi connectivity index (χ0) is 11.3. The summed E-state index contributed by atoms with van der Waals surface area (Å²) < 4.78 is 0.747. The Balaban J connectivity index is 2.41. The Morgan fingerprint density at radius 2 is 2.33 bits per heavy atom. The van der Waals surface area contributed by atoms with Gasteiger partial charge in [0.2, 0.25) is 0 Å². The first kappa shape index (κ1) is 12.7. The van der Waals surface area contributed by atoms with E-state index in [9.17, 15) is 4.79 Å². The van der Waals surface area contributed by atoms with Gasteiger partial charge in [0.15, 0.2) is 0 Å². The van der Waals surface area contributed by atoms with Crippen LogP contribution in [-0.4, -0.2) is 18.9 Å². The molecule has 1 aromatic heterocycles. The number of hydrogen-bond donors (Lipinski definition) is 1. The van der Waals surface area contributed by atoms with Crippen LogP contribution in [0.1, 0.15) is 18.7 Å². The van der Waals surface area contributed by atoms with E-state index in [-0.39, 0.29) is 11.7 Å². The van der Waals surface area contributed by atoms with Crippen molar-refractivity contribution < 1.29 is 4.79 Å². The Bertz CT molecular complexity index is 324. The fraction of sp³-hybridized carbons (Fsp3) is 0.545. The summed E-state index contributed by atoms with van der Waals surface area (Å²) in [6.07, 6.45) is 0.504. The van der Waals surface area contributed by atoms with E-state index in [0.29, 0.717) is 6.42 Å². The second kappa shape index (κ2) is 6.26. The van der Waals surface area contributed by atoms with Gasteiger partial charge in [-0.3, -0.25) is 4.79 Å². The molecular weight excluding hydrogens is 230 g/mol. The van der Waals surface area contributed by atoms with Gasteiger partial charge < -0.3 is 5.32 Å². The molecule has 1 unspecified atom stereocenters. The average molecular weight is 246 g/mol. The Labute approximate surface area is 99.6 Å². The second-order valence-electron chi connectivity index (χ2n) is 3.56. The Kier molecular flexibility index (Phi) is 5.29. The number of halogens is 1. The molecule has 0 radical (unpaired) electrons. The predicted octanol–water partition coefficient (Wildman–Crippen LogP) is 2.76. The standard InChI is InChI=1S/C11H16ClNOS/c1-3-13-7-8(2)10(14)6-9-4-5-11(12)15-9/h4-5,8,13H,3,6-7H2,1-2H3. The lowest BCUT2D eigenvalue weighted by Gasteiger charge is -2.09. The van der Waals surface area contributed by atoms with Gasteiger partial charge in [0.05, 0.1) is 4.34 Å². The van der Waals surface area contributed by atoms with Gasteiger partial charge in [0.1, 0.15) is 5.78 Å². The van der Waals surface area contributed by atoms with Crippen LogP contribution in [0.25, 0.3) is 0 Å². The maximum Gasteiger partial charge on any atom is 0.142 e. The van der Waals surface area contributed by atoms with Crippen molar-refractivity contribution >= 4 is 28.7 Å². The normalized spacial score (nSPS) is 12.7. The molecule has 1 atom stereocenters. The van der Waals surface area contributed by atoms with E-state index in [2.05, 4.69) is 5.32 Å². The largest absolute Gasteiger partial charge is 0.316 e. The first-order chi connectivity index (χ1) is 7.13. The molecule has 0 saturated carbocycles. The van der Waals surface area contributed by atoms with E-state index >= 15 is 0 Å². The van der Waals surface area contributed by atoms with Gasteiger partial charge in [-0.15, -0.1) is 11.3 Å². The summed E-state index contributed by atoms with van der Waals surface area (Å²) in [7, 11) is 0. The number of rotatable bonds is 6. The van der Waals surface area contributed by atoms with Gasteiger partial charge in [0, 0.05) is 23.8 Å². The molecule has 84 valence electrons. The third-order valence-corrected chi connectivity index (χ3v) is 3.46. The summed E-state index contributed by atoms with van der Waals surface area (Å²) in [4.78, 5) is 12.8. The lowest BCUT2D eigenvalue weighted by atomic mass is 10.0. The number of thiophene rings is 1. The predicted molar refractivity (Wildman–Crippen MR) is 65.7 cm³/mol. The van der Waals surface area contributed by atoms with Crippen LogP contribution in [-0.2, 0) is 11.2 Å². The lowest BCUT2D eigenvalue weighted by molar-refractivity contribution is -0.121. The molecule has 0 aliphatic rings. The summed E-state index contributed by atoms with van der Waals surface area (Å²) in [6.45, 7) is 5.66. The molecular formula is C11H16ClNOS. The molecule has 2 nitrogen and oxygen atoms in total. The van der Waals surface area contributed by atoms with Gasteiger partial charge in [-0.05, 0) is 18.7 Å². The van der Waals surface area contributed by atoms with Crippen molar-refractivity contribution in [2.24, 2.45) is 5.92 Å². The molecule has 0 spiro atoms. The first-order valence-corrected chi connectivity index (χ1v) is 6.30. The zero-order valence-electron chi connectivity index (χ0n) is 9.05. The number of Topliss-reactive ketones (excluding diaryl/α,β-unsaturated/α-hetero) is 1. The van der Waals surface area contributed by atoms with Crippen LogP contribution in [0, 0.1) is 5.92 Å². The number of carbonyl (C=O) groups excluding carboxylic acids is 1. The monoisotopic (exact) mass is 245 g/mol. The first-order valence-electron chi connectivity index (χ1n) is 5.11. The molecule has 0 aromatic carbocycles. The van der Waals surface area contributed by atoms with Gasteiger partial charge in [-0.25, -0.2) is 0 Å². The van der Waals surface area contributed by atoms with E-state index in [1.165, 1.54) is 11.3 Å². The minimum absolute atomic E-state index is 0.0748. The molecule has 0 saturated heterocycles. The van der Waals surface area contributed by atoms with Gasteiger partial charge in [0.25, 0.3) is 0 Å². The van der Waals surface area contributed by atoms with E-state index in [1.807, 2.05) is 26.0 Å². The highest BCUT2D eigenvalue weighted by molar-refractivity contribution is 7.16. The van der Waals surface area contributed by atoms with Crippen LogP contribution in [0.3, 0.4) is 0 Å². The van der Waals surface area contributed by atoms with Crippen molar-refractivity contribution in [1.29, 1.82) is 0 Å². The summed E-state index contributed by atoms with van der Waals surface area (Å²) in [5.74, 6) is 0.347. The smallest absolute Gasteiger partial charge is 0.142 e. The SMILES string of the molecule is CCNCC(C)C(=O)Cc1ccc(Cl)s1. The van der Waals surface area contributed by atoms with E-state index in [4.69, 9.17) is 11.6 Å². The molecule has 0 aliphatic carbocycles. The quantitative estimate of drug-likeness (QED) is 0.835. The van der Waals surface area contributed by atoms with Gasteiger partial charge in [-0.2, -0.15) is 0 Å². The second-order valence-corrected chi connectivity index (χ2v) is 5.36. The van der Waals surface area contributed by atoms with Crippen LogP contribution >= 0.6 is 22.9 Å². The molecule has 0 bridgehead atoms. The Morgan fingerprint density at radius 1 is 1.60 bits per heavy atom. The molecule has 1 N–H and O–H groups in total. The molecule has 1 rings (SSSR count). The van der Waals surface area contributed by atoms with Crippen LogP contribution in [0.15, 0.2) is 12.1 Å². The third kappa shape index (κ3) is 4.33. The maximum absolute atomic E-state index is 11.8. The molecule has 4 heteroatoms. The average Bonchev–Trinajstić information content (AvgIpc) is 2.60. The fourth-order valence-corrected chi connectivity index (χ4v) is 2.36. The molecule has 1 heterocycles. The molecule has 0 aliphatic heterocycles. The number of hydrogen-bond acceptors (Lipinski definition) is 3. The van der Waals surface area contributed by atoms with E-state index in [1.54, 1.807) is 0 Å².